The maximum atomic E-state index is 8.60. The van der Waals surface area contributed by atoms with E-state index >= 15 is 0 Å². The van der Waals surface area contributed by atoms with Crippen LogP contribution in [0, 0.1) is 0 Å². The van der Waals surface area contributed by atoms with Gasteiger partial charge in [-0.25, -0.2) is 0 Å². The fourth-order valence-electron chi connectivity index (χ4n) is 6.31. The second-order valence-electron chi connectivity index (χ2n) is 15.0. The first-order chi connectivity index (χ1) is 28.4. The topological polar surface area (TPSA) is 113 Å². The van der Waals surface area contributed by atoms with E-state index in [0.717, 1.165) is 13.0 Å². The summed E-state index contributed by atoms with van der Waals surface area (Å²) < 4.78 is 54.7. The standard InChI is InChI=1S/C46H94O11/c1-2-3-4-5-6-7-8-9-10-11-12-13-14-15-16-17-18-19-20-21-22-23-24-25-27-48-29-31-50-33-35-52-37-39-54-41-43-56-45-46-57-44-42-55-40-38-53-36-34-51-32-30-49-28-26-47/h47H,2-46H2,1H3. The zero-order valence-electron chi connectivity index (χ0n) is 37.3. The predicted octanol–water partition coefficient (Wildman–Crippen LogP) is 9.53. The van der Waals surface area contributed by atoms with E-state index in [4.69, 9.17) is 52.5 Å². The third-order valence-corrected chi connectivity index (χ3v) is 9.73. The Morgan fingerprint density at radius 2 is 0.351 bits per heavy atom. The number of ether oxygens (including phenoxy) is 10. The summed E-state index contributed by atoms with van der Waals surface area (Å²) in [5.74, 6) is 0. The summed E-state index contributed by atoms with van der Waals surface area (Å²) in [6.45, 7) is 13.2. The van der Waals surface area contributed by atoms with Crippen LogP contribution in [-0.4, -0.2) is 144 Å². The van der Waals surface area contributed by atoms with Crippen LogP contribution in [0.2, 0.25) is 0 Å². The molecule has 57 heavy (non-hydrogen) atoms. The van der Waals surface area contributed by atoms with Crippen molar-refractivity contribution in [3.05, 3.63) is 0 Å². The largest absolute Gasteiger partial charge is 0.394 e. The van der Waals surface area contributed by atoms with Gasteiger partial charge >= 0.3 is 0 Å². The van der Waals surface area contributed by atoms with Gasteiger partial charge in [0, 0.05) is 6.61 Å². The molecule has 0 saturated carbocycles. The van der Waals surface area contributed by atoms with Crippen molar-refractivity contribution in [3.63, 3.8) is 0 Å². The number of rotatable bonds is 54. The normalized spacial score (nSPS) is 11.7. The molecule has 0 fully saturated rings. The highest BCUT2D eigenvalue weighted by molar-refractivity contribution is 4.52. The Kier molecular flexibility index (Phi) is 55.1. The van der Waals surface area contributed by atoms with Crippen LogP contribution in [-0.2, 0) is 47.4 Å². The fourth-order valence-corrected chi connectivity index (χ4v) is 6.31. The Hall–Kier alpha value is -0.440. The van der Waals surface area contributed by atoms with Gasteiger partial charge in [0.25, 0.3) is 0 Å². The third kappa shape index (κ3) is 55.6. The maximum Gasteiger partial charge on any atom is 0.0701 e. The molecule has 0 saturated heterocycles. The van der Waals surface area contributed by atoms with Crippen molar-refractivity contribution in [1.29, 1.82) is 0 Å². The zero-order chi connectivity index (χ0) is 40.9. The molecular weight excluding hydrogens is 728 g/mol. The van der Waals surface area contributed by atoms with Crippen LogP contribution in [0.5, 0.6) is 0 Å². The van der Waals surface area contributed by atoms with Crippen LogP contribution >= 0.6 is 0 Å². The van der Waals surface area contributed by atoms with Crippen LogP contribution < -0.4 is 0 Å². The maximum absolute atomic E-state index is 8.60. The van der Waals surface area contributed by atoms with Gasteiger partial charge in [0.05, 0.1) is 132 Å². The summed E-state index contributed by atoms with van der Waals surface area (Å²) >= 11 is 0. The van der Waals surface area contributed by atoms with E-state index in [9.17, 15) is 0 Å². The molecule has 0 aromatic carbocycles. The summed E-state index contributed by atoms with van der Waals surface area (Å²) in [5, 5.41) is 8.60. The van der Waals surface area contributed by atoms with Gasteiger partial charge in [-0.2, -0.15) is 0 Å². The summed E-state index contributed by atoms with van der Waals surface area (Å²) in [6.07, 6.45) is 34.0. The van der Waals surface area contributed by atoms with E-state index in [1.165, 1.54) is 148 Å². The lowest BCUT2D eigenvalue weighted by molar-refractivity contribution is -0.0268. The van der Waals surface area contributed by atoms with Crippen molar-refractivity contribution in [2.45, 2.75) is 161 Å². The number of aliphatic hydroxyl groups is 1. The van der Waals surface area contributed by atoms with E-state index in [1.807, 2.05) is 0 Å². The van der Waals surface area contributed by atoms with Crippen molar-refractivity contribution in [2.24, 2.45) is 0 Å². The van der Waals surface area contributed by atoms with E-state index in [1.54, 1.807) is 0 Å². The minimum Gasteiger partial charge on any atom is -0.394 e. The Labute approximate surface area is 351 Å². The van der Waals surface area contributed by atoms with Crippen molar-refractivity contribution < 1.29 is 52.5 Å². The minimum atomic E-state index is 0.0304. The highest BCUT2D eigenvalue weighted by Crippen LogP contribution is 2.15. The molecule has 0 radical (unpaired) electrons. The lowest BCUT2D eigenvalue weighted by Crippen LogP contribution is -2.15. The zero-order valence-corrected chi connectivity index (χ0v) is 37.3. The van der Waals surface area contributed by atoms with Crippen LogP contribution in [0.25, 0.3) is 0 Å². The summed E-state index contributed by atoms with van der Waals surface area (Å²) in [5.41, 5.74) is 0. The third-order valence-electron chi connectivity index (χ3n) is 9.73. The van der Waals surface area contributed by atoms with Crippen molar-refractivity contribution >= 4 is 0 Å². The van der Waals surface area contributed by atoms with E-state index in [-0.39, 0.29) is 6.61 Å². The molecule has 1 N–H and O–H groups in total. The fraction of sp³-hybridized carbons (Fsp3) is 1.00. The molecule has 11 heteroatoms. The second kappa shape index (κ2) is 55.6. The predicted molar refractivity (Wildman–Crippen MR) is 232 cm³/mol. The SMILES string of the molecule is CCCCCCCCCCCCCCCCCCCCCCCCCCOCCOCCOCCOCCOCCOCCOCCOCCOCCOCCO. The molecule has 0 spiro atoms. The molecule has 0 aliphatic carbocycles. The molecule has 0 aliphatic heterocycles. The lowest BCUT2D eigenvalue weighted by atomic mass is 10.0. The Bertz CT molecular complexity index is 622. The summed E-state index contributed by atoms with van der Waals surface area (Å²) in [6, 6.07) is 0. The molecule has 0 rings (SSSR count). The molecule has 0 bridgehead atoms. The number of unbranched alkanes of at least 4 members (excludes halogenated alkanes) is 23. The highest BCUT2D eigenvalue weighted by atomic mass is 16.6. The molecule has 344 valence electrons. The lowest BCUT2D eigenvalue weighted by Gasteiger charge is -2.09. The van der Waals surface area contributed by atoms with Crippen molar-refractivity contribution in [1.82, 2.24) is 0 Å². The van der Waals surface area contributed by atoms with Gasteiger partial charge in [-0.05, 0) is 6.42 Å². The highest BCUT2D eigenvalue weighted by Gasteiger charge is 1.99. The van der Waals surface area contributed by atoms with Crippen molar-refractivity contribution in [2.75, 3.05) is 139 Å². The Balaban J connectivity index is 3.05. The van der Waals surface area contributed by atoms with Crippen LogP contribution in [0.3, 0.4) is 0 Å². The van der Waals surface area contributed by atoms with Crippen LogP contribution in [0.15, 0.2) is 0 Å². The molecule has 11 nitrogen and oxygen atoms in total. The molecule has 0 aromatic rings. The molecule has 0 atom stereocenters. The number of aliphatic hydroxyl groups excluding tert-OH is 1. The first kappa shape index (κ1) is 56.6. The van der Waals surface area contributed by atoms with E-state index in [0.29, 0.717) is 126 Å². The van der Waals surface area contributed by atoms with Gasteiger partial charge < -0.3 is 52.5 Å². The van der Waals surface area contributed by atoms with Crippen LogP contribution in [0.4, 0.5) is 0 Å². The Morgan fingerprint density at radius 1 is 0.193 bits per heavy atom. The van der Waals surface area contributed by atoms with E-state index in [2.05, 4.69) is 6.92 Å². The summed E-state index contributed by atoms with van der Waals surface area (Å²) in [7, 11) is 0. The van der Waals surface area contributed by atoms with E-state index < -0.39 is 0 Å². The average molecular weight is 823 g/mol. The van der Waals surface area contributed by atoms with Gasteiger partial charge in [-0.15, -0.1) is 0 Å². The van der Waals surface area contributed by atoms with Gasteiger partial charge in [0.1, 0.15) is 0 Å². The first-order valence-corrected chi connectivity index (χ1v) is 23.8. The molecule has 0 amide bonds. The van der Waals surface area contributed by atoms with Gasteiger partial charge in [0.2, 0.25) is 0 Å². The smallest absolute Gasteiger partial charge is 0.0701 e. The first-order valence-electron chi connectivity index (χ1n) is 23.8. The second-order valence-corrected chi connectivity index (χ2v) is 15.0. The minimum absolute atomic E-state index is 0.0304. The number of hydrogen-bond donors (Lipinski definition) is 1. The number of hydrogen-bond acceptors (Lipinski definition) is 11. The van der Waals surface area contributed by atoms with Crippen molar-refractivity contribution in [3.8, 4) is 0 Å². The quantitative estimate of drug-likeness (QED) is 0.0592. The molecular formula is C46H94O11. The monoisotopic (exact) mass is 823 g/mol. The van der Waals surface area contributed by atoms with Gasteiger partial charge in [-0.3, -0.25) is 0 Å². The molecule has 0 aliphatic rings. The van der Waals surface area contributed by atoms with Gasteiger partial charge in [-0.1, -0.05) is 155 Å². The average Bonchev–Trinajstić information content (AvgIpc) is 3.22. The Morgan fingerprint density at radius 3 is 0.544 bits per heavy atom. The van der Waals surface area contributed by atoms with Crippen LogP contribution in [0.1, 0.15) is 161 Å². The summed E-state index contributed by atoms with van der Waals surface area (Å²) in [4.78, 5) is 0. The molecule has 0 aromatic heterocycles. The molecule has 0 unspecified atom stereocenters. The van der Waals surface area contributed by atoms with Gasteiger partial charge in [0.15, 0.2) is 0 Å². The molecule has 0 heterocycles.